The third kappa shape index (κ3) is 3.20. The SMILES string of the molecule is Cc1cc(CN(C)C(=O)CCN2C(=O)[C@H]3CCCC[C@H]3C2=O)no1. The molecule has 1 saturated heterocycles. The lowest BCUT2D eigenvalue weighted by Gasteiger charge is -2.19. The summed E-state index contributed by atoms with van der Waals surface area (Å²) in [4.78, 5) is 39.9. The first-order chi connectivity index (χ1) is 11.5. The van der Waals surface area contributed by atoms with E-state index >= 15 is 0 Å². The predicted octanol–water partition coefficient (Wildman–Crippen LogP) is 1.51. The van der Waals surface area contributed by atoms with Gasteiger partial charge in [-0.05, 0) is 19.8 Å². The van der Waals surface area contributed by atoms with Gasteiger partial charge in [-0.3, -0.25) is 19.3 Å². The van der Waals surface area contributed by atoms with Crippen LogP contribution in [0.15, 0.2) is 10.6 Å². The minimum absolute atomic E-state index is 0.0905. The fourth-order valence-electron chi connectivity index (χ4n) is 3.67. The largest absolute Gasteiger partial charge is 0.361 e. The molecule has 1 aromatic rings. The second kappa shape index (κ2) is 6.75. The minimum Gasteiger partial charge on any atom is -0.361 e. The van der Waals surface area contributed by atoms with Crippen molar-refractivity contribution in [3.63, 3.8) is 0 Å². The Balaban J connectivity index is 1.54. The van der Waals surface area contributed by atoms with E-state index in [0.717, 1.165) is 25.7 Å². The first-order valence-electron chi connectivity index (χ1n) is 8.48. The Hall–Kier alpha value is -2.18. The third-order valence-electron chi connectivity index (χ3n) is 4.98. The molecule has 2 heterocycles. The van der Waals surface area contributed by atoms with Crippen molar-refractivity contribution in [3.8, 4) is 0 Å². The molecule has 0 unspecified atom stereocenters. The van der Waals surface area contributed by atoms with Gasteiger partial charge in [-0.15, -0.1) is 0 Å². The molecule has 1 aromatic heterocycles. The number of rotatable bonds is 5. The summed E-state index contributed by atoms with van der Waals surface area (Å²) < 4.78 is 4.98. The number of hydrogen-bond acceptors (Lipinski definition) is 5. The topological polar surface area (TPSA) is 83.7 Å². The molecule has 130 valence electrons. The lowest BCUT2D eigenvalue weighted by atomic mass is 9.81. The summed E-state index contributed by atoms with van der Waals surface area (Å²) in [5.74, 6) is 0.0850. The van der Waals surface area contributed by atoms with Crippen LogP contribution in [0.1, 0.15) is 43.6 Å². The molecule has 1 saturated carbocycles. The average molecular weight is 333 g/mol. The number of aromatic nitrogens is 1. The molecule has 3 rings (SSSR count). The molecule has 2 atom stereocenters. The molecule has 7 heteroatoms. The number of fused-ring (bicyclic) bond motifs is 1. The van der Waals surface area contributed by atoms with Crippen molar-refractivity contribution in [3.05, 3.63) is 17.5 Å². The number of amides is 3. The number of likely N-dealkylation sites (tertiary alicyclic amines) is 1. The quantitative estimate of drug-likeness (QED) is 0.763. The molecule has 1 aliphatic carbocycles. The van der Waals surface area contributed by atoms with E-state index in [-0.39, 0.29) is 42.5 Å². The summed E-state index contributed by atoms with van der Waals surface area (Å²) in [5.41, 5.74) is 0.683. The van der Waals surface area contributed by atoms with Crippen LogP contribution in [0.25, 0.3) is 0 Å². The number of carbonyl (C=O) groups is 3. The van der Waals surface area contributed by atoms with Crippen molar-refractivity contribution in [2.45, 2.75) is 45.6 Å². The van der Waals surface area contributed by atoms with Gasteiger partial charge in [0, 0.05) is 26.1 Å². The summed E-state index contributed by atoms with van der Waals surface area (Å²) in [6, 6.07) is 1.78. The molecule has 0 spiro atoms. The van der Waals surface area contributed by atoms with Gasteiger partial charge in [-0.2, -0.15) is 0 Å². The van der Waals surface area contributed by atoms with E-state index in [0.29, 0.717) is 18.0 Å². The average Bonchev–Trinajstić information content (AvgIpc) is 3.08. The second-order valence-corrected chi connectivity index (χ2v) is 6.75. The van der Waals surface area contributed by atoms with Crippen LogP contribution in [0.3, 0.4) is 0 Å². The highest BCUT2D eigenvalue weighted by atomic mass is 16.5. The molecule has 24 heavy (non-hydrogen) atoms. The van der Waals surface area contributed by atoms with Crippen LogP contribution in [0.5, 0.6) is 0 Å². The Morgan fingerprint density at radius 2 is 1.92 bits per heavy atom. The maximum atomic E-state index is 12.4. The minimum atomic E-state index is -0.155. The van der Waals surface area contributed by atoms with Crippen LogP contribution in [-0.4, -0.2) is 46.3 Å². The second-order valence-electron chi connectivity index (χ2n) is 6.75. The molecule has 1 aliphatic heterocycles. The van der Waals surface area contributed by atoms with Gasteiger partial charge in [-0.25, -0.2) is 0 Å². The van der Waals surface area contributed by atoms with Crippen LogP contribution >= 0.6 is 0 Å². The molecule has 0 bridgehead atoms. The van der Waals surface area contributed by atoms with Crippen LogP contribution < -0.4 is 0 Å². The van der Waals surface area contributed by atoms with Crippen molar-refractivity contribution < 1.29 is 18.9 Å². The van der Waals surface area contributed by atoms with E-state index in [1.165, 1.54) is 9.80 Å². The number of hydrogen-bond donors (Lipinski definition) is 0. The van der Waals surface area contributed by atoms with Gasteiger partial charge in [0.15, 0.2) is 0 Å². The smallest absolute Gasteiger partial charge is 0.233 e. The van der Waals surface area contributed by atoms with Gasteiger partial charge in [0.1, 0.15) is 11.5 Å². The maximum Gasteiger partial charge on any atom is 0.233 e. The van der Waals surface area contributed by atoms with E-state index in [1.54, 1.807) is 20.0 Å². The first-order valence-corrected chi connectivity index (χ1v) is 8.48. The van der Waals surface area contributed by atoms with Gasteiger partial charge >= 0.3 is 0 Å². The number of imide groups is 1. The zero-order chi connectivity index (χ0) is 17.3. The number of nitrogens with zero attached hydrogens (tertiary/aromatic N) is 3. The zero-order valence-electron chi connectivity index (χ0n) is 14.2. The molecule has 2 fully saturated rings. The zero-order valence-corrected chi connectivity index (χ0v) is 14.2. The van der Waals surface area contributed by atoms with Gasteiger partial charge in [-0.1, -0.05) is 18.0 Å². The van der Waals surface area contributed by atoms with Crippen molar-refractivity contribution in [2.24, 2.45) is 11.8 Å². The molecular weight excluding hydrogens is 310 g/mol. The fraction of sp³-hybridized carbons (Fsp3) is 0.647. The maximum absolute atomic E-state index is 12.4. The van der Waals surface area contributed by atoms with E-state index in [9.17, 15) is 14.4 Å². The molecule has 7 nitrogen and oxygen atoms in total. The predicted molar refractivity (Wildman–Crippen MR) is 84.5 cm³/mol. The van der Waals surface area contributed by atoms with Gasteiger partial charge in [0.2, 0.25) is 17.7 Å². The molecular formula is C17H23N3O4. The summed E-state index contributed by atoms with van der Waals surface area (Å²) >= 11 is 0. The Morgan fingerprint density at radius 1 is 1.29 bits per heavy atom. The van der Waals surface area contributed by atoms with Crippen molar-refractivity contribution in [1.29, 1.82) is 0 Å². The highest BCUT2D eigenvalue weighted by Gasteiger charge is 2.47. The van der Waals surface area contributed by atoms with Gasteiger partial charge in [0.05, 0.1) is 18.4 Å². The molecule has 0 radical (unpaired) electrons. The Bertz CT molecular complexity index is 630. The van der Waals surface area contributed by atoms with Crippen LogP contribution in [0, 0.1) is 18.8 Å². The van der Waals surface area contributed by atoms with Crippen molar-refractivity contribution >= 4 is 17.7 Å². The Morgan fingerprint density at radius 3 is 2.46 bits per heavy atom. The Labute approximate surface area is 140 Å². The monoisotopic (exact) mass is 333 g/mol. The van der Waals surface area contributed by atoms with Gasteiger partial charge < -0.3 is 9.42 Å². The molecule has 3 amide bonds. The van der Waals surface area contributed by atoms with E-state index in [4.69, 9.17) is 4.52 Å². The normalized spacial score (nSPS) is 23.5. The summed E-state index contributed by atoms with van der Waals surface area (Å²) in [6.45, 7) is 2.32. The van der Waals surface area contributed by atoms with Crippen LogP contribution in [-0.2, 0) is 20.9 Å². The fourth-order valence-corrected chi connectivity index (χ4v) is 3.67. The standard InChI is InChI=1S/C17H23N3O4/c1-11-9-12(18-24-11)10-19(2)15(21)7-8-20-16(22)13-5-3-4-6-14(13)17(20)23/h9,13-14H,3-8,10H2,1-2H3/t13-,14+. The van der Waals surface area contributed by atoms with Crippen LogP contribution in [0.2, 0.25) is 0 Å². The number of aryl methyl sites for hydroxylation is 1. The third-order valence-corrected chi connectivity index (χ3v) is 4.98. The van der Waals surface area contributed by atoms with E-state index in [2.05, 4.69) is 5.16 Å². The van der Waals surface area contributed by atoms with E-state index in [1.807, 2.05) is 0 Å². The lowest BCUT2D eigenvalue weighted by Crippen LogP contribution is -2.36. The molecule has 2 aliphatic rings. The van der Waals surface area contributed by atoms with Crippen molar-refractivity contribution in [2.75, 3.05) is 13.6 Å². The number of carbonyl (C=O) groups excluding carboxylic acids is 3. The summed E-state index contributed by atoms with van der Waals surface area (Å²) in [5, 5.41) is 3.86. The highest BCUT2D eigenvalue weighted by molar-refractivity contribution is 6.05. The molecule has 0 aromatic carbocycles. The molecule has 0 N–H and O–H groups in total. The van der Waals surface area contributed by atoms with Crippen LogP contribution in [0.4, 0.5) is 0 Å². The first kappa shape index (κ1) is 16.7. The highest BCUT2D eigenvalue weighted by Crippen LogP contribution is 2.37. The summed E-state index contributed by atoms with van der Waals surface area (Å²) in [6.07, 6.45) is 3.75. The van der Waals surface area contributed by atoms with E-state index < -0.39 is 0 Å². The lowest BCUT2D eigenvalue weighted by molar-refractivity contribution is -0.140. The van der Waals surface area contributed by atoms with Crippen molar-refractivity contribution in [1.82, 2.24) is 15.0 Å². The summed E-state index contributed by atoms with van der Waals surface area (Å²) in [7, 11) is 1.68. The van der Waals surface area contributed by atoms with Gasteiger partial charge in [0.25, 0.3) is 0 Å². The Kier molecular flexibility index (Phi) is 4.69.